The number of para-hydroxylation sites is 1. The van der Waals surface area contributed by atoms with E-state index < -0.39 is 28.4 Å². The molecule has 1 aromatic carbocycles. The van der Waals surface area contributed by atoms with Crippen LogP contribution in [0.3, 0.4) is 0 Å². The van der Waals surface area contributed by atoms with Gasteiger partial charge in [-0.3, -0.25) is 4.18 Å². The zero-order valence-corrected chi connectivity index (χ0v) is 13.7. The van der Waals surface area contributed by atoms with E-state index in [1.807, 2.05) is 19.9 Å². The van der Waals surface area contributed by atoms with E-state index >= 15 is 0 Å². The van der Waals surface area contributed by atoms with Gasteiger partial charge in [0.2, 0.25) is 0 Å². The maximum atomic E-state index is 11.7. The molecule has 0 unspecified atom stereocenters. The van der Waals surface area contributed by atoms with Crippen LogP contribution < -0.4 is 10.5 Å². The number of benzene rings is 1. The molecule has 124 valence electrons. The number of hydrogen-bond donors (Lipinski definition) is 2. The molecule has 1 aliphatic rings. The molecular weight excluding hydrogens is 308 g/mol. The molecule has 0 radical (unpaired) electrons. The largest absolute Gasteiger partial charge is 0.398 e. The minimum absolute atomic E-state index is 0.515. The molecule has 0 aromatic heterocycles. The molecule has 0 spiro atoms. The van der Waals surface area contributed by atoms with E-state index in [1.54, 1.807) is 18.2 Å². The first-order valence-corrected chi connectivity index (χ1v) is 8.55. The lowest BCUT2D eigenvalue weighted by atomic mass is 10.1. The summed E-state index contributed by atoms with van der Waals surface area (Å²) in [5.74, 6) is -0.853. The summed E-state index contributed by atoms with van der Waals surface area (Å²) in [5.41, 5.74) is 7.18. The fourth-order valence-corrected chi connectivity index (χ4v) is 3.02. The van der Waals surface area contributed by atoms with Gasteiger partial charge in [-0.15, -0.1) is 0 Å². The molecule has 0 saturated carbocycles. The number of nitrogens with two attached hydrogens (primary N) is 1. The summed E-state index contributed by atoms with van der Waals surface area (Å²) in [6, 6.07) is 7.14. The number of nitrogens with one attached hydrogen (secondary N) is 1. The van der Waals surface area contributed by atoms with Gasteiger partial charge < -0.3 is 15.2 Å². The SMILES string of the molecule is CCC1(CC)O[C@@H](NS(=O)(=O)OC)[C@@H](c2ccccc2N)O1. The van der Waals surface area contributed by atoms with E-state index in [4.69, 9.17) is 15.2 Å². The lowest BCUT2D eigenvalue weighted by Gasteiger charge is -2.25. The summed E-state index contributed by atoms with van der Waals surface area (Å²) in [5, 5.41) is 0. The number of ether oxygens (including phenoxy) is 2. The quantitative estimate of drug-likeness (QED) is 0.770. The van der Waals surface area contributed by atoms with Crippen LogP contribution in [0.5, 0.6) is 0 Å². The highest BCUT2D eigenvalue weighted by atomic mass is 32.2. The zero-order chi connectivity index (χ0) is 16.4. The Kier molecular flexibility index (Phi) is 5.08. The highest BCUT2D eigenvalue weighted by molar-refractivity contribution is 7.84. The van der Waals surface area contributed by atoms with Crippen molar-refractivity contribution in [3.63, 3.8) is 0 Å². The second-order valence-electron chi connectivity index (χ2n) is 5.06. The van der Waals surface area contributed by atoms with E-state index in [0.29, 0.717) is 24.1 Å². The average molecular weight is 330 g/mol. The first-order chi connectivity index (χ1) is 10.4. The second kappa shape index (κ2) is 6.51. The Hall–Kier alpha value is -1.19. The summed E-state index contributed by atoms with van der Waals surface area (Å²) >= 11 is 0. The Bertz CT molecular complexity index is 615. The third-order valence-electron chi connectivity index (χ3n) is 3.82. The number of hydrogen-bond acceptors (Lipinski definition) is 6. The van der Waals surface area contributed by atoms with Crippen molar-refractivity contribution in [3.8, 4) is 0 Å². The second-order valence-corrected chi connectivity index (χ2v) is 6.54. The molecule has 1 aromatic rings. The van der Waals surface area contributed by atoms with E-state index in [2.05, 4.69) is 8.91 Å². The Morgan fingerprint density at radius 2 is 1.91 bits per heavy atom. The van der Waals surface area contributed by atoms with Crippen molar-refractivity contribution in [2.24, 2.45) is 0 Å². The summed E-state index contributed by atoms with van der Waals surface area (Å²) in [6.45, 7) is 3.84. The standard InChI is InChI=1S/C14H22N2O5S/c1-4-14(5-2)20-12(10-8-6-7-9-11(10)15)13(21-14)16-22(17,18)19-3/h6-9,12-13,16H,4-5,15H2,1-3H3/t12-,13-/m1/s1. The molecule has 22 heavy (non-hydrogen) atoms. The minimum Gasteiger partial charge on any atom is -0.398 e. The normalized spacial score (nSPS) is 24.5. The Balaban J connectivity index is 2.37. The molecule has 1 saturated heterocycles. The van der Waals surface area contributed by atoms with E-state index in [9.17, 15) is 8.42 Å². The van der Waals surface area contributed by atoms with Crippen LogP contribution in [-0.4, -0.2) is 27.5 Å². The summed E-state index contributed by atoms with van der Waals surface area (Å²) in [7, 11) is -2.84. The van der Waals surface area contributed by atoms with Crippen LogP contribution >= 0.6 is 0 Å². The summed E-state index contributed by atoms with van der Waals surface area (Å²) < 4.78 is 42.1. The molecule has 1 aliphatic heterocycles. The molecule has 1 fully saturated rings. The molecule has 0 aliphatic carbocycles. The van der Waals surface area contributed by atoms with Crippen LogP contribution in [0.25, 0.3) is 0 Å². The number of anilines is 1. The molecular formula is C14H22N2O5S. The van der Waals surface area contributed by atoms with Gasteiger partial charge in [-0.1, -0.05) is 32.0 Å². The fourth-order valence-electron chi connectivity index (χ4n) is 2.47. The lowest BCUT2D eigenvalue weighted by Crippen LogP contribution is -2.40. The van der Waals surface area contributed by atoms with E-state index in [1.165, 1.54) is 0 Å². The fraction of sp³-hybridized carbons (Fsp3) is 0.571. The summed E-state index contributed by atoms with van der Waals surface area (Å²) in [4.78, 5) is 0. The maximum absolute atomic E-state index is 11.7. The molecule has 7 nitrogen and oxygen atoms in total. The van der Waals surface area contributed by atoms with Crippen LogP contribution in [0.2, 0.25) is 0 Å². The molecule has 0 amide bonds. The number of rotatable bonds is 6. The first kappa shape index (κ1) is 17.2. The van der Waals surface area contributed by atoms with Gasteiger partial charge in [0.1, 0.15) is 6.10 Å². The van der Waals surface area contributed by atoms with Crippen LogP contribution in [-0.2, 0) is 24.0 Å². The minimum atomic E-state index is -3.92. The first-order valence-electron chi connectivity index (χ1n) is 7.14. The van der Waals surface area contributed by atoms with Gasteiger partial charge in [-0.05, 0) is 18.9 Å². The van der Waals surface area contributed by atoms with Crippen molar-refractivity contribution in [2.45, 2.75) is 44.8 Å². The smallest absolute Gasteiger partial charge is 0.337 e. The third kappa shape index (κ3) is 3.41. The van der Waals surface area contributed by atoms with Gasteiger partial charge in [0, 0.05) is 11.3 Å². The Morgan fingerprint density at radius 1 is 1.27 bits per heavy atom. The molecule has 8 heteroatoms. The van der Waals surface area contributed by atoms with Crippen LogP contribution in [0, 0.1) is 0 Å². The summed E-state index contributed by atoms with van der Waals surface area (Å²) in [6.07, 6.45) is -0.392. The molecule has 1 heterocycles. The lowest BCUT2D eigenvalue weighted by molar-refractivity contribution is -0.180. The van der Waals surface area contributed by atoms with E-state index in [-0.39, 0.29) is 0 Å². The van der Waals surface area contributed by atoms with Gasteiger partial charge in [0.15, 0.2) is 12.0 Å². The monoisotopic (exact) mass is 330 g/mol. The van der Waals surface area contributed by atoms with Gasteiger partial charge in [0.05, 0.1) is 7.11 Å². The molecule has 3 N–H and O–H groups in total. The van der Waals surface area contributed by atoms with Gasteiger partial charge in [-0.2, -0.15) is 13.1 Å². The molecule has 0 bridgehead atoms. The van der Waals surface area contributed by atoms with Crippen molar-refractivity contribution in [1.82, 2.24) is 4.72 Å². The van der Waals surface area contributed by atoms with Crippen molar-refractivity contribution >= 4 is 16.0 Å². The Morgan fingerprint density at radius 3 is 2.45 bits per heavy atom. The highest BCUT2D eigenvalue weighted by Gasteiger charge is 2.48. The molecule has 2 rings (SSSR count). The van der Waals surface area contributed by atoms with Gasteiger partial charge >= 0.3 is 10.3 Å². The van der Waals surface area contributed by atoms with Crippen molar-refractivity contribution in [3.05, 3.63) is 29.8 Å². The van der Waals surface area contributed by atoms with Crippen molar-refractivity contribution < 1.29 is 22.1 Å². The zero-order valence-electron chi connectivity index (χ0n) is 12.9. The van der Waals surface area contributed by atoms with Gasteiger partial charge in [0.25, 0.3) is 0 Å². The van der Waals surface area contributed by atoms with Crippen LogP contribution in [0.1, 0.15) is 38.4 Å². The Labute approximate surface area is 131 Å². The van der Waals surface area contributed by atoms with Crippen molar-refractivity contribution in [1.29, 1.82) is 0 Å². The van der Waals surface area contributed by atoms with Crippen molar-refractivity contribution in [2.75, 3.05) is 12.8 Å². The predicted octanol–water partition coefficient (Wildman–Crippen LogP) is 1.68. The topological polar surface area (TPSA) is 99.9 Å². The maximum Gasteiger partial charge on any atom is 0.337 e. The molecule has 2 atom stereocenters. The van der Waals surface area contributed by atoms with Gasteiger partial charge in [-0.25, -0.2) is 0 Å². The highest BCUT2D eigenvalue weighted by Crippen LogP contribution is 2.42. The predicted molar refractivity (Wildman–Crippen MR) is 81.9 cm³/mol. The average Bonchev–Trinajstić information content (AvgIpc) is 2.86. The number of nitrogen functional groups attached to an aromatic ring is 1. The van der Waals surface area contributed by atoms with Crippen LogP contribution in [0.4, 0.5) is 5.69 Å². The third-order valence-corrected chi connectivity index (χ3v) is 4.78. The van der Waals surface area contributed by atoms with E-state index in [0.717, 1.165) is 7.11 Å². The van der Waals surface area contributed by atoms with Crippen LogP contribution in [0.15, 0.2) is 24.3 Å².